The van der Waals surface area contributed by atoms with Gasteiger partial charge in [0, 0.05) is 31.9 Å². The van der Waals surface area contributed by atoms with Gasteiger partial charge in [-0.25, -0.2) is 0 Å². The van der Waals surface area contributed by atoms with E-state index in [4.69, 9.17) is 0 Å². The van der Waals surface area contributed by atoms with Crippen molar-refractivity contribution in [2.75, 3.05) is 38.1 Å². The SMILES string of the molecule is CC(C)c1ccc(N2CCN(C)CC2)c(C(C)C)c1. The fraction of sp³-hybridized carbons (Fsp3) is 0.647. The Kier molecular flexibility index (Phi) is 4.51. The molecule has 0 saturated carbocycles. The quantitative estimate of drug-likeness (QED) is 0.818. The lowest BCUT2D eigenvalue weighted by Gasteiger charge is -2.36. The van der Waals surface area contributed by atoms with Crippen molar-refractivity contribution in [2.45, 2.75) is 39.5 Å². The molecule has 1 aliphatic rings. The Morgan fingerprint density at radius 1 is 0.895 bits per heavy atom. The Morgan fingerprint density at radius 2 is 1.53 bits per heavy atom. The van der Waals surface area contributed by atoms with E-state index in [0.29, 0.717) is 11.8 Å². The fourth-order valence-electron chi connectivity index (χ4n) is 2.73. The number of nitrogens with zero attached hydrogens (tertiary/aromatic N) is 2. The Balaban J connectivity index is 2.29. The highest BCUT2D eigenvalue weighted by Gasteiger charge is 2.18. The molecule has 1 aromatic rings. The number of benzene rings is 1. The molecule has 0 aromatic heterocycles. The van der Waals surface area contributed by atoms with Crippen molar-refractivity contribution in [3.8, 4) is 0 Å². The molecular formula is C17H28N2. The summed E-state index contributed by atoms with van der Waals surface area (Å²) in [5, 5.41) is 0. The molecule has 2 heteroatoms. The van der Waals surface area contributed by atoms with E-state index in [9.17, 15) is 0 Å². The summed E-state index contributed by atoms with van der Waals surface area (Å²) >= 11 is 0. The zero-order valence-corrected chi connectivity index (χ0v) is 13.1. The number of piperazine rings is 1. The van der Waals surface area contributed by atoms with E-state index in [2.05, 4.69) is 62.7 Å². The second-order valence-corrected chi connectivity index (χ2v) is 6.42. The van der Waals surface area contributed by atoms with Crippen LogP contribution in [0, 0.1) is 0 Å². The average molecular weight is 260 g/mol. The van der Waals surface area contributed by atoms with Crippen LogP contribution >= 0.6 is 0 Å². The summed E-state index contributed by atoms with van der Waals surface area (Å²) in [4.78, 5) is 4.97. The van der Waals surface area contributed by atoms with Gasteiger partial charge in [-0.2, -0.15) is 0 Å². The average Bonchev–Trinajstić information content (AvgIpc) is 2.38. The van der Waals surface area contributed by atoms with Crippen molar-refractivity contribution in [2.24, 2.45) is 0 Å². The van der Waals surface area contributed by atoms with Gasteiger partial charge in [-0.1, -0.05) is 39.8 Å². The van der Waals surface area contributed by atoms with E-state index in [1.165, 1.54) is 29.9 Å². The lowest BCUT2D eigenvalue weighted by Crippen LogP contribution is -2.44. The smallest absolute Gasteiger partial charge is 0.0402 e. The summed E-state index contributed by atoms with van der Waals surface area (Å²) in [5.41, 5.74) is 4.42. The van der Waals surface area contributed by atoms with Gasteiger partial charge >= 0.3 is 0 Å². The van der Waals surface area contributed by atoms with Crippen LogP contribution in [0.5, 0.6) is 0 Å². The number of hydrogen-bond acceptors (Lipinski definition) is 2. The standard InChI is InChI=1S/C17H28N2/c1-13(2)15-6-7-17(16(12-15)14(3)4)19-10-8-18(5)9-11-19/h6-7,12-14H,8-11H2,1-5H3. The summed E-state index contributed by atoms with van der Waals surface area (Å²) in [6, 6.07) is 7.07. The number of likely N-dealkylation sites (N-methyl/N-ethyl adjacent to an activating group) is 1. The van der Waals surface area contributed by atoms with Gasteiger partial charge in [0.05, 0.1) is 0 Å². The van der Waals surface area contributed by atoms with Crippen LogP contribution in [-0.2, 0) is 0 Å². The van der Waals surface area contributed by atoms with Crippen molar-refractivity contribution < 1.29 is 0 Å². The summed E-state index contributed by atoms with van der Waals surface area (Å²) in [7, 11) is 2.21. The summed E-state index contributed by atoms with van der Waals surface area (Å²) < 4.78 is 0. The van der Waals surface area contributed by atoms with Gasteiger partial charge in [-0.15, -0.1) is 0 Å². The third-order valence-corrected chi connectivity index (χ3v) is 4.18. The molecule has 0 aliphatic carbocycles. The minimum absolute atomic E-state index is 0.591. The molecule has 1 saturated heterocycles. The lowest BCUT2D eigenvalue weighted by atomic mass is 9.93. The first-order valence-electron chi connectivity index (χ1n) is 7.56. The molecule has 0 radical (unpaired) electrons. The van der Waals surface area contributed by atoms with Crippen molar-refractivity contribution in [1.82, 2.24) is 4.90 Å². The van der Waals surface area contributed by atoms with E-state index in [1.807, 2.05) is 0 Å². The van der Waals surface area contributed by atoms with Crippen LogP contribution in [0.2, 0.25) is 0 Å². The summed E-state index contributed by atoms with van der Waals surface area (Å²) in [6.45, 7) is 13.8. The van der Waals surface area contributed by atoms with Crippen LogP contribution in [0.1, 0.15) is 50.7 Å². The number of hydrogen-bond donors (Lipinski definition) is 0. The second-order valence-electron chi connectivity index (χ2n) is 6.42. The first-order valence-corrected chi connectivity index (χ1v) is 7.56. The van der Waals surface area contributed by atoms with Crippen LogP contribution in [0.25, 0.3) is 0 Å². The molecule has 2 rings (SSSR count). The van der Waals surface area contributed by atoms with Gasteiger partial charge in [0.15, 0.2) is 0 Å². The first-order chi connectivity index (χ1) is 8.99. The Labute approximate surface area is 118 Å². The van der Waals surface area contributed by atoms with Gasteiger partial charge < -0.3 is 9.80 Å². The molecule has 0 spiro atoms. The number of anilines is 1. The van der Waals surface area contributed by atoms with E-state index in [1.54, 1.807) is 0 Å². The zero-order chi connectivity index (χ0) is 14.0. The molecule has 2 nitrogen and oxygen atoms in total. The maximum absolute atomic E-state index is 2.55. The van der Waals surface area contributed by atoms with E-state index in [0.717, 1.165) is 13.1 Å². The van der Waals surface area contributed by atoms with Crippen LogP contribution in [0.15, 0.2) is 18.2 Å². The summed E-state index contributed by atoms with van der Waals surface area (Å²) in [5.74, 6) is 1.20. The first kappa shape index (κ1) is 14.4. The van der Waals surface area contributed by atoms with Gasteiger partial charge in [0.1, 0.15) is 0 Å². The molecule has 0 amide bonds. The van der Waals surface area contributed by atoms with Crippen molar-refractivity contribution >= 4 is 5.69 Å². The Hall–Kier alpha value is -1.02. The maximum Gasteiger partial charge on any atom is 0.0402 e. The lowest BCUT2D eigenvalue weighted by molar-refractivity contribution is 0.312. The minimum Gasteiger partial charge on any atom is -0.369 e. The second kappa shape index (κ2) is 5.96. The van der Waals surface area contributed by atoms with Crippen LogP contribution in [0.4, 0.5) is 5.69 Å². The highest BCUT2D eigenvalue weighted by molar-refractivity contribution is 5.57. The topological polar surface area (TPSA) is 6.48 Å². The Morgan fingerprint density at radius 3 is 2.05 bits per heavy atom. The largest absolute Gasteiger partial charge is 0.369 e. The van der Waals surface area contributed by atoms with Crippen molar-refractivity contribution in [3.63, 3.8) is 0 Å². The van der Waals surface area contributed by atoms with E-state index >= 15 is 0 Å². The molecule has 0 atom stereocenters. The predicted octanol–water partition coefficient (Wildman–Crippen LogP) is 3.69. The van der Waals surface area contributed by atoms with Gasteiger partial charge in [0.2, 0.25) is 0 Å². The van der Waals surface area contributed by atoms with Gasteiger partial charge in [0.25, 0.3) is 0 Å². The third kappa shape index (κ3) is 3.30. The Bertz CT molecular complexity index is 415. The highest BCUT2D eigenvalue weighted by Crippen LogP contribution is 2.31. The van der Waals surface area contributed by atoms with Crippen molar-refractivity contribution in [1.29, 1.82) is 0 Å². The van der Waals surface area contributed by atoms with Gasteiger partial charge in [-0.05, 0) is 36.1 Å². The van der Waals surface area contributed by atoms with Crippen LogP contribution < -0.4 is 4.90 Å². The number of rotatable bonds is 3. The third-order valence-electron chi connectivity index (χ3n) is 4.18. The molecule has 0 bridgehead atoms. The van der Waals surface area contributed by atoms with Crippen LogP contribution in [0.3, 0.4) is 0 Å². The molecule has 19 heavy (non-hydrogen) atoms. The highest BCUT2D eigenvalue weighted by atomic mass is 15.2. The molecule has 1 aliphatic heterocycles. The summed E-state index contributed by atoms with van der Waals surface area (Å²) in [6.07, 6.45) is 0. The monoisotopic (exact) mass is 260 g/mol. The molecule has 106 valence electrons. The molecule has 1 heterocycles. The molecular weight excluding hydrogens is 232 g/mol. The minimum atomic E-state index is 0.591. The molecule has 0 N–H and O–H groups in total. The fourth-order valence-corrected chi connectivity index (χ4v) is 2.73. The zero-order valence-electron chi connectivity index (χ0n) is 13.1. The molecule has 1 aromatic carbocycles. The normalized spacial score (nSPS) is 17.5. The maximum atomic E-state index is 2.55. The van der Waals surface area contributed by atoms with E-state index < -0.39 is 0 Å². The predicted molar refractivity (Wildman–Crippen MR) is 84.3 cm³/mol. The van der Waals surface area contributed by atoms with Crippen molar-refractivity contribution in [3.05, 3.63) is 29.3 Å². The van der Waals surface area contributed by atoms with Gasteiger partial charge in [-0.3, -0.25) is 0 Å². The molecule has 0 unspecified atom stereocenters. The van der Waals surface area contributed by atoms with E-state index in [-0.39, 0.29) is 0 Å². The van der Waals surface area contributed by atoms with Crippen LogP contribution in [-0.4, -0.2) is 38.1 Å². The molecule has 1 fully saturated rings.